The summed E-state index contributed by atoms with van der Waals surface area (Å²) >= 11 is -0.152. The van der Waals surface area contributed by atoms with Gasteiger partial charge in [-0.1, -0.05) is 0 Å². The van der Waals surface area contributed by atoms with Gasteiger partial charge < -0.3 is 15.8 Å². The first-order valence-corrected chi connectivity index (χ1v) is 6.25. The lowest BCUT2D eigenvalue weighted by Crippen LogP contribution is -2.36. The standard InChI is InChI=1S/C9H15F3N2O2S/c10-9(11,12)17-4-3-14-8(15)7-2-1-6(5-13)16-7/h6-7H,1-5,13H2,(H,14,15)/t6-,7+/m1/s1. The Bertz CT molecular complexity index is 263. The summed E-state index contributed by atoms with van der Waals surface area (Å²) < 4.78 is 40.7. The maximum Gasteiger partial charge on any atom is 0.441 e. The zero-order chi connectivity index (χ0) is 12.9. The zero-order valence-corrected chi connectivity index (χ0v) is 9.94. The minimum atomic E-state index is -4.25. The highest BCUT2D eigenvalue weighted by atomic mass is 32.2. The van der Waals surface area contributed by atoms with Crippen LogP contribution in [0.4, 0.5) is 13.2 Å². The number of nitrogens with one attached hydrogen (secondary N) is 1. The molecule has 2 atom stereocenters. The molecular weight excluding hydrogens is 257 g/mol. The minimum Gasteiger partial charge on any atom is -0.364 e. The third-order valence-electron chi connectivity index (χ3n) is 2.33. The second-order valence-corrected chi connectivity index (χ2v) is 4.80. The van der Waals surface area contributed by atoms with Crippen molar-refractivity contribution in [1.29, 1.82) is 0 Å². The van der Waals surface area contributed by atoms with Crippen molar-refractivity contribution in [1.82, 2.24) is 5.32 Å². The van der Waals surface area contributed by atoms with Crippen molar-refractivity contribution in [3.05, 3.63) is 0 Å². The van der Waals surface area contributed by atoms with E-state index in [4.69, 9.17) is 10.5 Å². The van der Waals surface area contributed by atoms with Crippen molar-refractivity contribution in [3.8, 4) is 0 Å². The van der Waals surface area contributed by atoms with Gasteiger partial charge in [0.25, 0.3) is 0 Å². The van der Waals surface area contributed by atoms with Gasteiger partial charge in [-0.2, -0.15) is 13.2 Å². The molecule has 1 rings (SSSR count). The van der Waals surface area contributed by atoms with Gasteiger partial charge in [0.2, 0.25) is 5.91 Å². The Morgan fingerprint density at radius 1 is 1.47 bits per heavy atom. The second kappa shape index (κ2) is 6.46. The van der Waals surface area contributed by atoms with Crippen LogP contribution in [0.3, 0.4) is 0 Å². The van der Waals surface area contributed by atoms with Gasteiger partial charge in [-0.15, -0.1) is 0 Å². The number of carbonyl (C=O) groups excluding carboxylic acids is 1. The first kappa shape index (κ1) is 14.6. The van der Waals surface area contributed by atoms with Crippen LogP contribution in [-0.2, 0) is 9.53 Å². The van der Waals surface area contributed by atoms with Gasteiger partial charge in [-0.05, 0) is 24.6 Å². The number of hydrogen-bond donors (Lipinski definition) is 2. The molecule has 4 nitrogen and oxygen atoms in total. The molecule has 3 N–H and O–H groups in total. The van der Waals surface area contributed by atoms with Crippen molar-refractivity contribution in [2.24, 2.45) is 5.73 Å². The molecule has 100 valence electrons. The number of rotatable bonds is 5. The molecule has 0 saturated carbocycles. The van der Waals surface area contributed by atoms with Gasteiger partial charge in [-0.3, -0.25) is 4.79 Å². The topological polar surface area (TPSA) is 64.4 Å². The van der Waals surface area contributed by atoms with E-state index in [-0.39, 0.29) is 36.1 Å². The molecule has 17 heavy (non-hydrogen) atoms. The fraction of sp³-hybridized carbons (Fsp3) is 0.889. The molecule has 1 fully saturated rings. The monoisotopic (exact) mass is 272 g/mol. The first-order valence-electron chi connectivity index (χ1n) is 5.26. The third kappa shape index (κ3) is 5.60. The molecule has 0 aromatic heterocycles. The van der Waals surface area contributed by atoms with E-state index >= 15 is 0 Å². The van der Waals surface area contributed by atoms with Gasteiger partial charge in [-0.25, -0.2) is 0 Å². The van der Waals surface area contributed by atoms with Crippen molar-refractivity contribution in [2.45, 2.75) is 30.6 Å². The molecule has 1 aliphatic rings. The molecule has 0 unspecified atom stereocenters. The zero-order valence-electron chi connectivity index (χ0n) is 9.13. The van der Waals surface area contributed by atoms with Crippen LogP contribution in [0.1, 0.15) is 12.8 Å². The Labute approximate surface area is 101 Å². The maximum absolute atomic E-state index is 11.8. The number of thioether (sulfide) groups is 1. The van der Waals surface area contributed by atoms with E-state index in [9.17, 15) is 18.0 Å². The highest BCUT2D eigenvalue weighted by Crippen LogP contribution is 2.29. The average Bonchev–Trinajstić information content (AvgIpc) is 2.71. The van der Waals surface area contributed by atoms with E-state index in [0.717, 1.165) is 0 Å². The van der Waals surface area contributed by atoms with Gasteiger partial charge in [0, 0.05) is 18.8 Å². The lowest BCUT2D eigenvalue weighted by Gasteiger charge is -2.12. The maximum atomic E-state index is 11.8. The Kier molecular flexibility index (Phi) is 5.54. The van der Waals surface area contributed by atoms with Crippen molar-refractivity contribution >= 4 is 17.7 Å². The summed E-state index contributed by atoms with van der Waals surface area (Å²) in [6.07, 6.45) is 0.598. The average molecular weight is 272 g/mol. The summed E-state index contributed by atoms with van der Waals surface area (Å²) in [6, 6.07) is 0. The van der Waals surface area contributed by atoms with E-state index in [0.29, 0.717) is 19.4 Å². The Balaban J connectivity index is 2.14. The second-order valence-electron chi connectivity index (χ2n) is 3.65. The fourth-order valence-electron chi connectivity index (χ4n) is 1.53. The lowest BCUT2D eigenvalue weighted by molar-refractivity contribution is -0.131. The normalized spacial score (nSPS) is 24.9. The predicted molar refractivity (Wildman–Crippen MR) is 58.5 cm³/mol. The van der Waals surface area contributed by atoms with Crippen LogP contribution in [0.15, 0.2) is 0 Å². The van der Waals surface area contributed by atoms with Crippen molar-refractivity contribution < 1.29 is 22.7 Å². The number of carbonyl (C=O) groups is 1. The molecule has 1 aliphatic heterocycles. The van der Waals surface area contributed by atoms with E-state index < -0.39 is 11.6 Å². The summed E-state index contributed by atoms with van der Waals surface area (Å²) in [6.45, 7) is 0.337. The molecule has 8 heteroatoms. The predicted octanol–water partition coefficient (Wildman–Crippen LogP) is 0.862. The molecule has 0 aromatic carbocycles. The molecule has 1 amide bonds. The number of hydrogen-bond acceptors (Lipinski definition) is 4. The number of ether oxygens (including phenoxy) is 1. The van der Waals surface area contributed by atoms with Crippen LogP contribution >= 0.6 is 11.8 Å². The molecule has 1 saturated heterocycles. The van der Waals surface area contributed by atoms with E-state index in [1.165, 1.54) is 0 Å². The number of nitrogens with two attached hydrogens (primary N) is 1. The van der Waals surface area contributed by atoms with Crippen molar-refractivity contribution in [3.63, 3.8) is 0 Å². The van der Waals surface area contributed by atoms with E-state index in [2.05, 4.69) is 5.32 Å². The molecule has 0 aromatic rings. The van der Waals surface area contributed by atoms with Gasteiger partial charge in [0.05, 0.1) is 6.10 Å². The van der Waals surface area contributed by atoms with E-state index in [1.807, 2.05) is 0 Å². The Hall–Kier alpha value is -0.470. The summed E-state index contributed by atoms with van der Waals surface area (Å²) in [5.74, 6) is -0.550. The Morgan fingerprint density at radius 2 is 2.18 bits per heavy atom. The van der Waals surface area contributed by atoms with Gasteiger partial charge in [0.1, 0.15) is 6.10 Å². The van der Waals surface area contributed by atoms with Crippen LogP contribution in [0, 0.1) is 0 Å². The molecule has 0 aliphatic carbocycles. The highest BCUT2D eigenvalue weighted by Gasteiger charge is 2.30. The van der Waals surface area contributed by atoms with Crippen LogP contribution in [0.5, 0.6) is 0 Å². The first-order chi connectivity index (χ1) is 7.92. The molecule has 0 radical (unpaired) electrons. The molecule has 0 spiro atoms. The summed E-state index contributed by atoms with van der Waals surface area (Å²) in [5, 5.41) is 2.42. The number of halogens is 3. The van der Waals surface area contributed by atoms with Gasteiger partial charge in [0.15, 0.2) is 0 Å². The Morgan fingerprint density at radius 3 is 2.71 bits per heavy atom. The summed E-state index contributed by atoms with van der Waals surface area (Å²) in [4.78, 5) is 11.5. The smallest absolute Gasteiger partial charge is 0.364 e. The van der Waals surface area contributed by atoms with E-state index in [1.54, 1.807) is 0 Å². The third-order valence-corrected chi connectivity index (χ3v) is 3.07. The van der Waals surface area contributed by atoms with Gasteiger partial charge >= 0.3 is 5.51 Å². The van der Waals surface area contributed by atoms with Crippen molar-refractivity contribution in [2.75, 3.05) is 18.8 Å². The summed E-state index contributed by atoms with van der Waals surface area (Å²) in [5.41, 5.74) is 1.13. The molecular formula is C9H15F3N2O2S. The van der Waals surface area contributed by atoms with Crippen LogP contribution < -0.4 is 11.1 Å². The largest absolute Gasteiger partial charge is 0.441 e. The summed E-state index contributed by atoms with van der Waals surface area (Å²) in [7, 11) is 0. The number of alkyl halides is 3. The quantitative estimate of drug-likeness (QED) is 0.729. The van der Waals surface area contributed by atoms with Crippen LogP contribution in [0.25, 0.3) is 0 Å². The lowest BCUT2D eigenvalue weighted by atomic mass is 10.2. The molecule has 0 bridgehead atoms. The number of amides is 1. The highest BCUT2D eigenvalue weighted by molar-refractivity contribution is 8.00. The fourth-order valence-corrected chi connectivity index (χ4v) is 1.96. The van der Waals surface area contributed by atoms with Crippen LogP contribution in [-0.4, -0.2) is 42.5 Å². The molecule has 1 heterocycles. The van der Waals surface area contributed by atoms with Crippen LogP contribution in [0.2, 0.25) is 0 Å². The minimum absolute atomic E-state index is 0.0177. The SMILES string of the molecule is NC[C@H]1CC[C@@H](C(=O)NCCSC(F)(F)F)O1.